The van der Waals surface area contributed by atoms with Crippen molar-refractivity contribution in [1.29, 1.82) is 0 Å². The normalized spacial score (nSPS) is 20.0. The van der Waals surface area contributed by atoms with Crippen molar-refractivity contribution in [3.05, 3.63) is 47.3 Å². The Hall–Kier alpha value is -1.76. The molecular weight excluding hydrogens is 370 g/mol. The third-order valence-electron chi connectivity index (χ3n) is 3.80. The highest BCUT2D eigenvalue weighted by Gasteiger charge is 2.41. The molecule has 2 aromatic rings. The molecule has 1 aliphatic carbocycles. The minimum atomic E-state index is -2.94. The largest absolute Gasteiger partial charge is 0.497 e. The van der Waals surface area contributed by atoms with Gasteiger partial charge < -0.3 is 4.74 Å². The molecule has 1 aliphatic rings. The predicted molar refractivity (Wildman–Crippen MR) is 84.6 cm³/mol. The number of benzene rings is 1. The number of ether oxygens (including phenoxy) is 1. The molecular formula is C16H15BrF2N2O2. The van der Waals surface area contributed by atoms with E-state index in [2.05, 4.69) is 21.0 Å². The Labute approximate surface area is 140 Å². The number of methoxy groups -OCH3 is 1. The Morgan fingerprint density at radius 1 is 1.39 bits per heavy atom. The zero-order valence-corrected chi connectivity index (χ0v) is 14.0. The first-order valence-corrected chi connectivity index (χ1v) is 8.05. The quantitative estimate of drug-likeness (QED) is 0.601. The summed E-state index contributed by atoms with van der Waals surface area (Å²) in [6, 6.07) is 7.38. The molecule has 1 unspecified atom stereocenters. The zero-order chi connectivity index (χ0) is 16.6. The van der Waals surface area contributed by atoms with Crippen LogP contribution in [0.15, 0.2) is 30.5 Å². The molecule has 0 spiro atoms. The summed E-state index contributed by atoms with van der Waals surface area (Å²) >= 11 is 3.06. The first-order valence-electron chi connectivity index (χ1n) is 7.13. The van der Waals surface area contributed by atoms with Crippen LogP contribution in [0.4, 0.5) is 8.78 Å². The Morgan fingerprint density at radius 2 is 2.09 bits per heavy atom. The van der Waals surface area contributed by atoms with Gasteiger partial charge in [0, 0.05) is 12.6 Å². The lowest BCUT2D eigenvalue weighted by Gasteiger charge is -2.14. The molecule has 0 bridgehead atoms. The van der Waals surface area contributed by atoms with Gasteiger partial charge in [0.15, 0.2) is 5.78 Å². The van der Waals surface area contributed by atoms with Gasteiger partial charge in [-0.15, -0.1) is 0 Å². The van der Waals surface area contributed by atoms with E-state index in [0.29, 0.717) is 6.54 Å². The molecule has 1 aromatic heterocycles. The SMILES string of the molecule is COc1ccc(Cn2cc3c(n2)CC(F)(F)CC(Br)C3=O)cc1. The van der Waals surface area contributed by atoms with Gasteiger partial charge >= 0.3 is 0 Å². The van der Waals surface area contributed by atoms with Crippen molar-refractivity contribution in [2.24, 2.45) is 0 Å². The topological polar surface area (TPSA) is 44.1 Å². The van der Waals surface area contributed by atoms with E-state index in [1.807, 2.05) is 24.3 Å². The first kappa shape index (κ1) is 16.1. The summed E-state index contributed by atoms with van der Waals surface area (Å²) in [5.41, 5.74) is 1.38. The van der Waals surface area contributed by atoms with Crippen LogP contribution in [-0.4, -0.2) is 33.4 Å². The number of alkyl halides is 3. The molecule has 4 nitrogen and oxygen atoms in total. The van der Waals surface area contributed by atoms with E-state index in [0.717, 1.165) is 11.3 Å². The van der Waals surface area contributed by atoms with Crippen LogP contribution in [0.3, 0.4) is 0 Å². The smallest absolute Gasteiger partial charge is 0.255 e. The number of fused-ring (bicyclic) bond motifs is 1. The van der Waals surface area contributed by atoms with Crippen molar-refractivity contribution in [1.82, 2.24) is 9.78 Å². The van der Waals surface area contributed by atoms with Crippen LogP contribution >= 0.6 is 15.9 Å². The Morgan fingerprint density at radius 3 is 2.74 bits per heavy atom. The second-order valence-electron chi connectivity index (χ2n) is 5.60. The lowest BCUT2D eigenvalue weighted by Crippen LogP contribution is -2.24. The lowest BCUT2D eigenvalue weighted by atomic mass is 10.1. The van der Waals surface area contributed by atoms with E-state index in [4.69, 9.17) is 4.74 Å². The van der Waals surface area contributed by atoms with Gasteiger partial charge in [-0.3, -0.25) is 9.48 Å². The summed E-state index contributed by atoms with van der Waals surface area (Å²) in [6.45, 7) is 0.406. The Balaban J connectivity index is 1.87. The van der Waals surface area contributed by atoms with E-state index >= 15 is 0 Å². The van der Waals surface area contributed by atoms with Gasteiger partial charge in [-0.1, -0.05) is 28.1 Å². The van der Waals surface area contributed by atoms with Gasteiger partial charge in [-0.05, 0) is 17.7 Å². The third kappa shape index (κ3) is 3.44. The van der Waals surface area contributed by atoms with Crippen molar-refractivity contribution >= 4 is 21.7 Å². The van der Waals surface area contributed by atoms with E-state index in [1.165, 1.54) is 4.68 Å². The number of Topliss-reactive ketones (excluding diaryl/α,β-unsaturated/α-hetero) is 1. The summed E-state index contributed by atoms with van der Waals surface area (Å²) in [6.07, 6.45) is 0.546. The van der Waals surface area contributed by atoms with Crippen molar-refractivity contribution in [2.45, 2.75) is 30.1 Å². The van der Waals surface area contributed by atoms with E-state index in [-0.39, 0.29) is 17.0 Å². The number of hydrogen-bond donors (Lipinski definition) is 0. The fourth-order valence-corrected chi connectivity index (χ4v) is 3.36. The highest BCUT2D eigenvalue weighted by atomic mass is 79.9. The van der Waals surface area contributed by atoms with Crippen LogP contribution < -0.4 is 4.74 Å². The maximum Gasteiger partial charge on any atom is 0.255 e. The maximum atomic E-state index is 13.8. The fourth-order valence-electron chi connectivity index (χ4n) is 2.64. The highest BCUT2D eigenvalue weighted by molar-refractivity contribution is 9.10. The van der Waals surface area contributed by atoms with Crippen molar-refractivity contribution < 1.29 is 18.3 Å². The van der Waals surface area contributed by atoms with Crippen LogP contribution in [0, 0.1) is 0 Å². The van der Waals surface area contributed by atoms with E-state index in [9.17, 15) is 13.6 Å². The van der Waals surface area contributed by atoms with E-state index < -0.39 is 23.6 Å². The number of halogens is 3. The minimum Gasteiger partial charge on any atom is -0.497 e. The number of carbonyl (C=O) groups excluding carboxylic acids is 1. The number of aromatic nitrogens is 2. The maximum absolute atomic E-state index is 13.8. The molecule has 1 atom stereocenters. The lowest BCUT2D eigenvalue weighted by molar-refractivity contribution is -0.00522. The third-order valence-corrected chi connectivity index (χ3v) is 4.54. The summed E-state index contributed by atoms with van der Waals surface area (Å²) in [4.78, 5) is 11.3. The monoisotopic (exact) mass is 384 g/mol. The molecule has 122 valence electrons. The second-order valence-corrected chi connectivity index (χ2v) is 6.71. The Bertz CT molecular complexity index is 728. The Kier molecular flexibility index (Phi) is 4.23. The molecule has 0 radical (unpaired) electrons. The molecule has 0 aliphatic heterocycles. The van der Waals surface area contributed by atoms with Crippen molar-refractivity contribution in [3.63, 3.8) is 0 Å². The van der Waals surface area contributed by atoms with Gasteiger partial charge in [-0.2, -0.15) is 5.10 Å². The van der Waals surface area contributed by atoms with Gasteiger partial charge in [0.1, 0.15) is 5.75 Å². The molecule has 3 rings (SSSR count). The number of nitrogens with zero attached hydrogens (tertiary/aromatic N) is 2. The number of hydrogen-bond acceptors (Lipinski definition) is 3. The average Bonchev–Trinajstić information content (AvgIpc) is 2.84. The zero-order valence-electron chi connectivity index (χ0n) is 12.4. The van der Waals surface area contributed by atoms with Gasteiger partial charge in [0.05, 0.1) is 36.2 Å². The van der Waals surface area contributed by atoms with Crippen LogP contribution in [-0.2, 0) is 13.0 Å². The summed E-state index contributed by atoms with van der Waals surface area (Å²) in [5.74, 6) is -2.53. The highest BCUT2D eigenvalue weighted by Crippen LogP contribution is 2.34. The summed E-state index contributed by atoms with van der Waals surface area (Å²) in [7, 11) is 1.59. The molecule has 0 N–H and O–H groups in total. The molecule has 0 fully saturated rings. The van der Waals surface area contributed by atoms with Crippen LogP contribution in [0.25, 0.3) is 0 Å². The van der Waals surface area contributed by atoms with E-state index in [1.54, 1.807) is 13.3 Å². The summed E-state index contributed by atoms with van der Waals surface area (Å²) in [5, 5.41) is 4.19. The standard InChI is InChI=1S/C16H15BrF2N2O2/c1-23-11-4-2-10(3-5-11)8-21-9-12-14(20-21)7-16(18,19)6-13(17)15(12)22/h2-5,9,13H,6-8H2,1H3. The van der Waals surface area contributed by atoms with Crippen molar-refractivity contribution in [2.75, 3.05) is 7.11 Å². The van der Waals surface area contributed by atoms with Crippen LogP contribution in [0.1, 0.15) is 28.0 Å². The van der Waals surface area contributed by atoms with Crippen LogP contribution in [0.5, 0.6) is 5.75 Å². The molecule has 1 aromatic carbocycles. The van der Waals surface area contributed by atoms with Gasteiger partial charge in [0.2, 0.25) is 0 Å². The average molecular weight is 385 g/mol. The molecule has 0 amide bonds. The number of carbonyl (C=O) groups is 1. The molecule has 23 heavy (non-hydrogen) atoms. The number of rotatable bonds is 3. The minimum absolute atomic E-state index is 0.162. The molecule has 1 heterocycles. The number of ketones is 1. The summed E-state index contributed by atoms with van der Waals surface area (Å²) < 4.78 is 34.3. The molecule has 0 saturated carbocycles. The van der Waals surface area contributed by atoms with Crippen LogP contribution in [0.2, 0.25) is 0 Å². The van der Waals surface area contributed by atoms with Gasteiger partial charge in [0.25, 0.3) is 5.92 Å². The fraction of sp³-hybridized carbons (Fsp3) is 0.375. The van der Waals surface area contributed by atoms with Crippen molar-refractivity contribution in [3.8, 4) is 5.75 Å². The molecule has 0 saturated heterocycles. The van der Waals surface area contributed by atoms with Gasteiger partial charge in [-0.25, -0.2) is 8.78 Å². The first-order chi connectivity index (χ1) is 10.9. The second kappa shape index (κ2) is 6.03. The predicted octanol–water partition coefficient (Wildman–Crippen LogP) is 3.47. The molecule has 7 heteroatoms.